The molecule has 2 amide bonds. The largest absolute Gasteiger partial charge is 0.352 e. The van der Waals surface area contributed by atoms with E-state index < -0.39 is 5.69 Å². The number of hydrogen-bond acceptors (Lipinski definition) is 5. The molecule has 0 aliphatic carbocycles. The predicted molar refractivity (Wildman–Crippen MR) is 142 cm³/mol. The van der Waals surface area contributed by atoms with E-state index in [1.165, 1.54) is 20.5 Å². The number of thiophene rings is 1. The summed E-state index contributed by atoms with van der Waals surface area (Å²) in [6, 6.07) is 20.4. The van der Waals surface area contributed by atoms with Gasteiger partial charge >= 0.3 is 5.69 Å². The van der Waals surface area contributed by atoms with Crippen LogP contribution in [0, 0.1) is 0 Å². The third kappa shape index (κ3) is 6.37. The van der Waals surface area contributed by atoms with Gasteiger partial charge in [-0.05, 0) is 42.0 Å². The van der Waals surface area contributed by atoms with Crippen LogP contribution in [-0.2, 0) is 29.2 Å². The first-order valence-corrected chi connectivity index (χ1v) is 12.8. The lowest BCUT2D eigenvalue weighted by atomic mass is 10.1. The Morgan fingerprint density at radius 1 is 0.806 bits per heavy atom. The molecule has 4 rings (SSSR count). The fourth-order valence-electron chi connectivity index (χ4n) is 3.97. The Hall–Kier alpha value is -3.98. The number of rotatable bonds is 11. The predicted octanol–water partition coefficient (Wildman–Crippen LogP) is 3.74. The molecule has 186 valence electrons. The quantitative estimate of drug-likeness (QED) is 0.304. The zero-order valence-corrected chi connectivity index (χ0v) is 20.6. The third-order valence-corrected chi connectivity index (χ3v) is 6.71. The number of unbranched alkanes of at least 4 members (excludes halogenated alkanes) is 2. The van der Waals surface area contributed by atoms with E-state index in [2.05, 4.69) is 10.6 Å². The average Bonchev–Trinajstić information content (AvgIpc) is 3.38. The summed E-state index contributed by atoms with van der Waals surface area (Å²) < 4.78 is 2.99. The van der Waals surface area contributed by atoms with Gasteiger partial charge in [-0.2, -0.15) is 0 Å². The van der Waals surface area contributed by atoms with Crippen LogP contribution in [0.25, 0.3) is 10.2 Å². The number of nitrogens with one attached hydrogen (secondary N) is 2. The van der Waals surface area contributed by atoms with Gasteiger partial charge in [0.15, 0.2) is 0 Å². The molecule has 0 atom stereocenters. The maximum Gasteiger partial charge on any atom is 0.332 e. The summed E-state index contributed by atoms with van der Waals surface area (Å²) in [5, 5.41) is 7.43. The van der Waals surface area contributed by atoms with Gasteiger partial charge in [-0.15, -0.1) is 11.3 Å². The highest BCUT2D eigenvalue weighted by Gasteiger charge is 2.16. The van der Waals surface area contributed by atoms with Crippen molar-refractivity contribution in [2.75, 3.05) is 5.32 Å². The second-order valence-electron chi connectivity index (χ2n) is 8.45. The standard InChI is InChI=1S/C27H28N4O4S/c32-23(28-18-20-10-4-1-5-11-20)14-8-3-9-16-30-26(34)25-22(15-17-36-25)31(27(30)35)19-24(33)29-21-12-6-2-7-13-21/h1-2,4-7,10-13,15,17H,3,8-9,14,16,18-19H2,(H,28,32)(H,29,33). The van der Waals surface area contributed by atoms with Crippen LogP contribution in [-0.4, -0.2) is 20.9 Å². The number of fused-ring (bicyclic) bond motifs is 1. The van der Waals surface area contributed by atoms with Crippen LogP contribution >= 0.6 is 11.3 Å². The van der Waals surface area contributed by atoms with Crippen LogP contribution in [0.3, 0.4) is 0 Å². The lowest BCUT2D eigenvalue weighted by Gasteiger charge is -2.12. The van der Waals surface area contributed by atoms with Gasteiger partial charge in [0.2, 0.25) is 11.8 Å². The van der Waals surface area contributed by atoms with E-state index >= 15 is 0 Å². The molecular weight excluding hydrogens is 476 g/mol. The molecule has 0 bridgehead atoms. The number of aromatic nitrogens is 2. The molecule has 2 N–H and O–H groups in total. The average molecular weight is 505 g/mol. The van der Waals surface area contributed by atoms with Crippen molar-refractivity contribution in [1.82, 2.24) is 14.5 Å². The summed E-state index contributed by atoms with van der Waals surface area (Å²) in [5.41, 5.74) is 1.30. The third-order valence-electron chi connectivity index (χ3n) is 5.81. The molecule has 2 aromatic carbocycles. The molecule has 36 heavy (non-hydrogen) atoms. The summed E-state index contributed by atoms with van der Waals surface area (Å²) in [6.07, 6.45) is 2.32. The minimum absolute atomic E-state index is 0.0252. The molecule has 0 radical (unpaired) electrons. The van der Waals surface area contributed by atoms with Crippen molar-refractivity contribution in [3.63, 3.8) is 0 Å². The smallest absolute Gasteiger partial charge is 0.332 e. The molecule has 0 spiro atoms. The fraction of sp³-hybridized carbons (Fsp3) is 0.259. The van der Waals surface area contributed by atoms with Crippen molar-refractivity contribution < 1.29 is 9.59 Å². The maximum atomic E-state index is 13.2. The van der Waals surface area contributed by atoms with E-state index in [0.717, 1.165) is 5.56 Å². The Morgan fingerprint density at radius 3 is 2.28 bits per heavy atom. The van der Waals surface area contributed by atoms with Gasteiger partial charge in [-0.25, -0.2) is 4.79 Å². The Balaban J connectivity index is 1.34. The number of amides is 2. The SMILES string of the molecule is O=C(CCCCCn1c(=O)c2sccc2n(CC(=O)Nc2ccccc2)c1=O)NCc1ccccc1. The highest BCUT2D eigenvalue weighted by molar-refractivity contribution is 7.17. The molecule has 4 aromatic rings. The Kier molecular flexibility index (Phi) is 8.46. The molecular formula is C27H28N4O4S. The van der Waals surface area contributed by atoms with Crippen molar-refractivity contribution in [3.8, 4) is 0 Å². The number of nitrogens with zero attached hydrogens (tertiary/aromatic N) is 2. The van der Waals surface area contributed by atoms with Crippen molar-refractivity contribution in [1.29, 1.82) is 0 Å². The zero-order valence-electron chi connectivity index (χ0n) is 19.8. The lowest BCUT2D eigenvalue weighted by Crippen LogP contribution is -2.41. The second-order valence-corrected chi connectivity index (χ2v) is 9.36. The first kappa shape index (κ1) is 25.1. The summed E-state index contributed by atoms with van der Waals surface area (Å²) >= 11 is 1.26. The summed E-state index contributed by atoms with van der Waals surface area (Å²) in [5.74, 6) is -0.370. The fourth-order valence-corrected chi connectivity index (χ4v) is 4.81. The molecule has 2 aromatic heterocycles. The normalized spacial score (nSPS) is 10.9. The molecule has 0 saturated carbocycles. The molecule has 0 aliphatic heterocycles. The number of hydrogen-bond donors (Lipinski definition) is 2. The second kappa shape index (κ2) is 12.1. The number of carbonyl (C=O) groups excluding carboxylic acids is 2. The Labute approximate surface area is 212 Å². The van der Waals surface area contributed by atoms with Crippen LogP contribution in [0.1, 0.15) is 31.2 Å². The maximum absolute atomic E-state index is 13.2. The molecule has 0 saturated heterocycles. The van der Waals surface area contributed by atoms with Crippen molar-refractivity contribution in [2.24, 2.45) is 0 Å². The van der Waals surface area contributed by atoms with Crippen LogP contribution < -0.4 is 21.9 Å². The number of benzene rings is 2. The van der Waals surface area contributed by atoms with Crippen LogP contribution in [0.5, 0.6) is 0 Å². The van der Waals surface area contributed by atoms with Crippen LogP contribution in [0.4, 0.5) is 5.69 Å². The van der Waals surface area contributed by atoms with Crippen LogP contribution in [0.2, 0.25) is 0 Å². The van der Waals surface area contributed by atoms with Gasteiger partial charge < -0.3 is 10.6 Å². The van der Waals surface area contributed by atoms with E-state index in [4.69, 9.17) is 0 Å². The number of carbonyl (C=O) groups is 2. The monoisotopic (exact) mass is 504 g/mol. The van der Waals surface area contributed by atoms with Crippen molar-refractivity contribution in [3.05, 3.63) is 98.5 Å². The summed E-state index contributed by atoms with van der Waals surface area (Å²) in [6.45, 7) is 0.535. The van der Waals surface area contributed by atoms with Gasteiger partial charge in [0.25, 0.3) is 5.56 Å². The van der Waals surface area contributed by atoms with Crippen molar-refractivity contribution >= 4 is 39.1 Å². The molecule has 9 heteroatoms. The highest BCUT2D eigenvalue weighted by Crippen LogP contribution is 2.16. The first-order chi connectivity index (χ1) is 17.5. The van der Waals surface area contributed by atoms with Gasteiger partial charge in [-0.1, -0.05) is 55.0 Å². The van der Waals surface area contributed by atoms with Gasteiger partial charge in [-0.3, -0.25) is 23.5 Å². The van der Waals surface area contributed by atoms with Crippen LogP contribution in [0.15, 0.2) is 81.7 Å². The Bertz CT molecular complexity index is 1440. The molecule has 8 nitrogen and oxygen atoms in total. The number of anilines is 1. The summed E-state index contributed by atoms with van der Waals surface area (Å²) in [4.78, 5) is 50.8. The molecule has 2 heterocycles. The minimum atomic E-state index is -0.505. The van der Waals surface area contributed by atoms with Crippen molar-refractivity contribution in [2.45, 2.75) is 45.3 Å². The van der Waals surface area contributed by atoms with Gasteiger partial charge in [0.05, 0.1) is 5.52 Å². The lowest BCUT2D eigenvalue weighted by molar-refractivity contribution is -0.121. The Morgan fingerprint density at radius 2 is 1.53 bits per heavy atom. The molecule has 0 unspecified atom stereocenters. The number of para-hydroxylation sites is 1. The molecule has 0 aliphatic rings. The molecule has 0 fully saturated rings. The zero-order chi connectivity index (χ0) is 25.3. The van der Waals surface area contributed by atoms with Gasteiger partial charge in [0, 0.05) is 25.2 Å². The summed E-state index contributed by atoms with van der Waals surface area (Å²) in [7, 11) is 0. The van der Waals surface area contributed by atoms with E-state index in [-0.39, 0.29) is 30.5 Å². The van der Waals surface area contributed by atoms with E-state index in [0.29, 0.717) is 48.1 Å². The topological polar surface area (TPSA) is 102 Å². The first-order valence-electron chi connectivity index (χ1n) is 11.9. The van der Waals surface area contributed by atoms with E-state index in [1.807, 2.05) is 48.5 Å². The van der Waals surface area contributed by atoms with E-state index in [1.54, 1.807) is 23.6 Å². The minimum Gasteiger partial charge on any atom is -0.352 e. The van der Waals surface area contributed by atoms with Gasteiger partial charge in [0.1, 0.15) is 11.2 Å². The van der Waals surface area contributed by atoms with E-state index in [9.17, 15) is 19.2 Å². The highest BCUT2D eigenvalue weighted by atomic mass is 32.1.